The molecule has 5 N–H and O–H groups in total. The highest BCUT2D eigenvalue weighted by Crippen LogP contribution is 2.36. The van der Waals surface area contributed by atoms with Crippen molar-refractivity contribution in [2.24, 2.45) is 5.73 Å². The second-order valence-corrected chi connectivity index (χ2v) is 3.88. The first-order chi connectivity index (χ1) is 6.57. The summed E-state index contributed by atoms with van der Waals surface area (Å²) < 4.78 is 0.763. The lowest BCUT2D eigenvalue weighted by Crippen LogP contribution is -2.10. The molecule has 0 unspecified atom stereocenters. The highest BCUT2D eigenvalue weighted by molar-refractivity contribution is 9.10. The van der Waals surface area contributed by atoms with Gasteiger partial charge >= 0.3 is 0 Å². The maximum absolute atomic E-state index is 9.71. The molecule has 1 rings (SSSR count). The number of phenolic OH excluding ortho intramolecular Hbond substituents is 1. The Balaban J connectivity index is 0.00000196. The van der Waals surface area contributed by atoms with Crippen LogP contribution in [-0.4, -0.2) is 5.11 Å². The molecule has 15 heavy (non-hydrogen) atoms. The van der Waals surface area contributed by atoms with Gasteiger partial charge in [-0.15, -0.1) is 19.0 Å². The van der Waals surface area contributed by atoms with Gasteiger partial charge in [-0.2, -0.15) is 0 Å². The Morgan fingerprint density at radius 1 is 1.53 bits per heavy atom. The van der Waals surface area contributed by atoms with Gasteiger partial charge in [-0.3, -0.25) is 0 Å². The van der Waals surface area contributed by atoms with Crippen LogP contribution in [-0.2, 0) is 0 Å². The lowest BCUT2D eigenvalue weighted by Gasteiger charge is -2.14. The van der Waals surface area contributed by atoms with Gasteiger partial charge in [-0.1, -0.05) is 22.0 Å². The van der Waals surface area contributed by atoms with E-state index in [9.17, 15) is 5.11 Å². The number of nitrogens with two attached hydrogens (primary N) is 2. The van der Waals surface area contributed by atoms with Crippen LogP contribution >= 0.6 is 28.3 Å². The number of hydrogen-bond donors (Lipinski definition) is 3. The van der Waals surface area contributed by atoms with Gasteiger partial charge in [0.25, 0.3) is 0 Å². The van der Waals surface area contributed by atoms with Crippen molar-refractivity contribution in [2.75, 3.05) is 5.73 Å². The molecule has 0 radical (unpaired) electrons. The molecule has 1 aromatic rings. The Hall–Kier alpha value is -0.710. The van der Waals surface area contributed by atoms with Crippen LogP contribution in [0.1, 0.15) is 18.0 Å². The smallest absolute Gasteiger partial charge is 0.144 e. The first-order valence-corrected chi connectivity index (χ1v) is 5.00. The molecule has 0 saturated heterocycles. The van der Waals surface area contributed by atoms with E-state index in [0.717, 1.165) is 4.47 Å². The topological polar surface area (TPSA) is 72.3 Å². The molecule has 1 aromatic carbocycles. The maximum Gasteiger partial charge on any atom is 0.144 e. The number of aromatic hydroxyl groups is 1. The Morgan fingerprint density at radius 2 is 2.13 bits per heavy atom. The van der Waals surface area contributed by atoms with E-state index < -0.39 is 0 Å². The zero-order valence-electron chi connectivity index (χ0n) is 8.11. The molecule has 0 aliphatic carbocycles. The monoisotopic (exact) mass is 292 g/mol. The van der Waals surface area contributed by atoms with Gasteiger partial charge in [0.1, 0.15) is 5.75 Å². The molecular weight excluding hydrogens is 279 g/mol. The first kappa shape index (κ1) is 14.3. The summed E-state index contributed by atoms with van der Waals surface area (Å²) >= 11 is 3.32. The van der Waals surface area contributed by atoms with Crippen molar-refractivity contribution in [3.8, 4) is 5.75 Å². The Labute approximate surface area is 104 Å². The Bertz CT molecular complexity index is 358. The summed E-state index contributed by atoms with van der Waals surface area (Å²) in [6, 6.07) is 3.11. The predicted octanol–water partition coefficient (Wildman–Crippen LogP) is 2.73. The molecule has 0 bridgehead atoms. The number of nitrogen functional groups attached to an aromatic ring is 1. The number of anilines is 1. The maximum atomic E-state index is 9.71. The van der Waals surface area contributed by atoms with Crippen molar-refractivity contribution in [3.63, 3.8) is 0 Å². The summed E-state index contributed by atoms with van der Waals surface area (Å²) in [7, 11) is 0. The third-order valence-electron chi connectivity index (χ3n) is 1.99. The summed E-state index contributed by atoms with van der Waals surface area (Å²) in [4.78, 5) is 0. The molecule has 84 valence electrons. The number of rotatable bonds is 3. The number of hydrogen-bond acceptors (Lipinski definition) is 3. The van der Waals surface area contributed by atoms with Gasteiger partial charge in [0, 0.05) is 16.1 Å². The number of benzene rings is 1. The van der Waals surface area contributed by atoms with Gasteiger partial charge in [0.2, 0.25) is 0 Å². The van der Waals surface area contributed by atoms with Crippen molar-refractivity contribution in [1.82, 2.24) is 0 Å². The molecule has 0 spiro atoms. The lowest BCUT2D eigenvalue weighted by molar-refractivity contribution is 0.463. The molecule has 0 saturated carbocycles. The van der Waals surface area contributed by atoms with Crippen molar-refractivity contribution in [2.45, 2.75) is 12.5 Å². The van der Waals surface area contributed by atoms with E-state index in [1.807, 2.05) is 0 Å². The average Bonchev–Trinajstić information content (AvgIpc) is 2.13. The van der Waals surface area contributed by atoms with Gasteiger partial charge in [-0.05, 0) is 18.6 Å². The van der Waals surface area contributed by atoms with Crippen molar-refractivity contribution < 1.29 is 5.11 Å². The van der Waals surface area contributed by atoms with Crippen LogP contribution in [0.3, 0.4) is 0 Å². The van der Waals surface area contributed by atoms with E-state index >= 15 is 0 Å². The molecule has 0 amide bonds. The summed E-state index contributed by atoms with van der Waals surface area (Å²) in [5, 5.41) is 9.71. The predicted molar refractivity (Wildman–Crippen MR) is 69.2 cm³/mol. The Morgan fingerprint density at radius 3 is 2.67 bits per heavy atom. The van der Waals surface area contributed by atoms with Crippen LogP contribution in [0.15, 0.2) is 29.3 Å². The van der Waals surface area contributed by atoms with E-state index in [-0.39, 0.29) is 24.2 Å². The summed E-state index contributed by atoms with van der Waals surface area (Å²) in [5.41, 5.74) is 12.4. The van der Waals surface area contributed by atoms with Crippen LogP contribution in [0.5, 0.6) is 5.75 Å². The minimum Gasteiger partial charge on any atom is -0.505 e. The van der Waals surface area contributed by atoms with Gasteiger partial charge in [-0.25, -0.2) is 0 Å². The summed E-state index contributed by atoms with van der Waals surface area (Å²) in [5.74, 6) is 0.0497. The first-order valence-electron chi connectivity index (χ1n) is 4.21. The number of halogens is 2. The third kappa shape index (κ3) is 3.12. The molecule has 0 aliphatic rings. The van der Waals surface area contributed by atoms with Crippen LogP contribution in [0.25, 0.3) is 0 Å². The van der Waals surface area contributed by atoms with Crippen molar-refractivity contribution in [1.29, 1.82) is 0 Å². The van der Waals surface area contributed by atoms with E-state index in [1.54, 1.807) is 18.2 Å². The van der Waals surface area contributed by atoms with E-state index in [0.29, 0.717) is 17.7 Å². The lowest BCUT2D eigenvalue weighted by atomic mass is 10.0. The molecule has 0 aromatic heterocycles. The summed E-state index contributed by atoms with van der Waals surface area (Å²) in [6.45, 7) is 3.60. The highest BCUT2D eigenvalue weighted by Gasteiger charge is 2.15. The largest absolute Gasteiger partial charge is 0.505 e. The average molecular weight is 294 g/mol. The van der Waals surface area contributed by atoms with Gasteiger partial charge in [0.15, 0.2) is 0 Å². The fourth-order valence-electron chi connectivity index (χ4n) is 1.25. The van der Waals surface area contributed by atoms with E-state index in [2.05, 4.69) is 22.5 Å². The number of phenols is 1. The SMILES string of the molecule is C=CC[C@H](N)c1c(Br)ccc(N)c1O.Cl. The highest BCUT2D eigenvalue weighted by atomic mass is 79.9. The van der Waals surface area contributed by atoms with Crippen LogP contribution in [0, 0.1) is 0 Å². The van der Waals surface area contributed by atoms with Gasteiger partial charge in [0.05, 0.1) is 5.69 Å². The minimum absolute atomic E-state index is 0. The second-order valence-electron chi connectivity index (χ2n) is 3.03. The Kier molecular flexibility index (Phi) is 5.72. The third-order valence-corrected chi connectivity index (χ3v) is 2.68. The van der Waals surface area contributed by atoms with Crippen LogP contribution in [0.2, 0.25) is 0 Å². The van der Waals surface area contributed by atoms with E-state index in [1.165, 1.54) is 0 Å². The molecular formula is C10H14BrClN2O. The minimum atomic E-state index is -0.287. The normalized spacial score (nSPS) is 11.6. The van der Waals surface area contributed by atoms with E-state index in [4.69, 9.17) is 11.5 Å². The molecule has 0 heterocycles. The summed E-state index contributed by atoms with van der Waals surface area (Å²) in [6.07, 6.45) is 2.30. The standard InChI is InChI=1S/C10H13BrN2O.ClH/c1-2-3-7(12)9-6(11)4-5-8(13)10(9)14;/h2,4-5,7,14H,1,3,12-13H2;1H/t7-;/m0./s1. The van der Waals surface area contributed by atoms with Crippen molar-refractivity contribution in [3.05, 3.63) is 34.8 Å². The zero-order chi connectivity index (χ0) is 10.7. The molecule has 0 aliphatic heterocycles. The fourth-order valence-corrected chi connectivity index (χ4v) is 1.86. The van der Waals surface area contributed by atoms with Gasteiger partial charge < -0.3 is 16.6 Å². The van der Waals surface area contributed by atoms with Crippen LogP contribution in [0.4, 0.5) is 5.69 Å². The zero-order valence-corrected chi connectivity index (χ0v) is 10.5. The molecule has 1 atom stereocenters. The molecule has 3 nitrogen and oxygen atoms in total. The fraction of sp³-hybridized carbons (Fsp3) is 0.200. The second kappa shape index (κ2) is 6.00. The van der Waals surface area contributed by atoms with Crippen LogP contribution < -0.4 is 11.5 Å². The van der Waals surface area contributed by atoms with Crippen molar-refractivity contribution >= 4 is 34.0 Å². The molecule has 5 heteroatoms. The molecule has 0 fully saturated rings. The quantitative estimate of drug-likeness (QED) is 0.456.